The first-order valence-electron chi connectivity index (χ1n) is 9.63. The Bertz CT molecular complexity index is 1070. The van der Waals surface area contributed by atoms with Gasteiger partial charge in [0.1, 0.15) is 12.4 Å². The maximum atomic E-state index is 12.0. The molecule has 0 saturated heterocycles. The third kappa shape index (κ3) is 3.31. The van der Waals surface area contributed by atoms with Crippen molar-refractivity contribution in [2.45, 2.75) is 40.2 Å². The molecule has 1 aromatic heterocycles. The number of fused-ring (bicyclic) bond motifs is 3. The summed E-state index contributed by atoms with van der Waals surface area (Å²) in [5.74, 6) is -0.0511. The molecule has 0 fully saturated rings. The number of carboxylic acid groups (broad SMARTS) is 1. The molecule has 4 nitrogen and oxygen atoms in total. The number of aryl methyl sites for hydroxylation is 1. The van der Waals surface area contributed by atoms with Crippen LogP contribution in [0.4, 0.5) is 0 Å². The Morgan fingerprint density at radius 3 is 2.50 bits per heavy atom. The minimum atomic E-state index is -0.839. The van der Waals surface area contributed by atoms with E-state index in [4.69, 9.17) is 4.74 Å². The monoisotopic (exact) mass is 375 g/mol. The van der Waals surface area contributed by atoms with Crippen LogP contribution >= 0.6 is 0 Å². The van der Waals surface area contributed by atoms with Gasteiger partial charge in [-0.15, -0.1) is 0 Å². The van der Waals surface area contributed by atoms with Crippen LogP contribution in [-0.2, 0) is 17.8 Å². The smallest absolute Gasteiger partial charge is 0.333 e. The normalized spacial score (nSPS) is 15.5. The molecule has 4 rings (SSSR count). The first-order chi connectivity index (χ1) is 13.3. The zero-order valence-corrected chi connectivity index (χ0v) is 16.5. The second kappa shape index (κ2) is 6.86. The van der Waals surface area contributed by atoms with Crippen molar-refractivity contribution >= 4 is 22.6 Å². The Balaban J connectivity index is 1.76. The van der Waals surface area contributed by atoms with Crippen molar-refractivity contribution in [1.82, 2.24) is 4.57 Å². The Morgan fingerprint density at radius 2 is 1.82 bits per heavy atom. The molecule has 0 bridgehead atoms. The van der Waals surface area contributed by atoms with Crippen LogP contribution in [0, 0.1) is 5.41 Å². The fourth-order valence-electron chi connectivity index (χ4n) is 4.04. The molecule has 0 amide bonds. The number of nitrogens with zero attached hydrogens (tertiary/aromatic N) is 1. The van der Waals surface area contributed by atoms with Gasteiger partial charge in [0.25, 0.3) is 0 Å². The van der Waals surface area contributed by atoms with E-state index in [2.05, 4.69) is 16.7 Å². The van der Waals surface area contributed by atoms with Crippen LogP contribution in [0.25, 0.3) is 16.6 Å². The average molecular weight is 375 g/mol. The quantitative estimate of drug-likeness (QED) is 0.612. The number of carboxylic acids is 1. The van der Waals surface area contributed by atoms with Crippen molar-refractivity contribution in [3.63, 3.8) is 0 Å². The van der Waals surface area contributed by atoms with E-state index in [-0.39, 0.29) is 0 Å². The number of ether oxygens (including phenoxy) is 1. The van der Waals surface area contributed by atoms with Crippen molar-refractivity contribution in [2.24, 2.45) is 5.41 Å². The highest BCUT2D eigenvalue weighted by atomic mass is 16.5. The lowest BCUT2D eigenvalue weighted by atomic mass is 9.84. The molecule has 0 radical (unpaired) electrons. The summed E-state index contributed by atoms with van der Waals surface area (Å²) in [5.41, 5.74) is 4.24. The van der Waals surface area contributed by atoms with Gasteiger partial charge in [-0.2, -0.15) is 0 Å². The number of hydrogen-bond donors (Lipinski definition) is 1. The molecule has 1 aliphatic rings. The predicted molar refractivity (Wildman–Crippen MR) is 111 cm³/mol. The molecular formula is C24H25NO3. The number of allylic oxidation sites excluding steroid dienone is 1. The lowest BCUT2D eigenvalue weighted by Gasteiger charge is -2.23. The lowest BCUT2D eigenvalue weighted by molar-refractivity contribution is -0.133. The standard InChI is InChI=1S/C24H25NO3/c1-24(2,3)22(23(26)27)20-12-10-18-13-17-9-11-19(14-21(17)25(18)20)28-15-16-7-5-4-6-8-16/h4-9,11,13-14H,10,12,15H2,1-3H3,(H,26,27). The van der Waals surface area contributed by atoms with E-state index in [1.807, 2.05) is 63.2 Å². The van der Waals surface area contributed by atoms with Crippen LogP contribution in [0.1, 0.15) is 38.4 Å². The van der Waals surface area contributed by atoms with Gasteiger partial charge in [0.15, 0.2) is 0 Å². The molecule has 2 heterocycles. The summed E-state index contributed by atoms with van der Waals surface area (Å²) in [6.07, 6.45) is 1.61. The predicted octanol–water partition coefficient (Wildman–Crippen LogP) is 5.51. The maximum absolute atomic E-state index is 12.0. The lowest BCUT2D eigenvalue weighted by Crippen LogP contribution is -2.20. The molecule has 1 N–H and O–H groups in total. The van der Waals surface area contributed by atoms with Gasteiger partial charge in [0.05, 0.1) is 11.1 Å². The van der Waals surface area contributed by atoms with E-state index in [1.54, 1.807) is 0 Å². The van der Waals surface area contributed by atoms with Crippen molar-refractivity contribution in [1.29, 1.82) is 0 Å². The van der Waals surface area contributed by atoms with Crippen LogP contribution in [0.3, 0.4) is 0 Å². The Labute approximate surface area is 165 Å². The second-order valence-electron chi connectivity index (χ2n) is 8.34. The van der Waals surface area contributed by atoms with E-state index in [0.717, 1.165) is 46.4 Å². The molecule has 144 valence electrons. The zero-order valence-electron chi connectivity index (χ0n) is 16.5. The molecule has 0 spiro atoms. The van der Waals surface area contributed by atoms with Gasteiger partial charge in [0.2, 0.25) is 0 Å². The summed E-state index contributed by atoms with van der Waals surface area (Å²) in [4.78, 5) is 12.0. The largest absolute Gasteiger partial charge is 0.489 e. The van der Waals surface area contributed by atoms with Crippen LogP contribution in [0.5, 0.6) is 5.75 Å². The van der Waals surface area contributed by atoms with Gasteiger partial charge >= 0.3 is 5.97 Å². The summed E-state index contributed by atoms with van der Waals surface area (Å²) in [5, 5.41) is 11.0. The molecule has 3 aromatic rings. The molecule has 2 aromatic carbocycles. The Kier molecular flexibility index (Phi) is 4.50. The summed E-state index contributed by atoms with van der Waals surface area (Å²) in [6, 6.07) is 18.3. The fraction of sp³-hybridized carbons (Fsp3) is 0.292. The maximum Gasteiger partial charge on any atom is 0.333 e. The molecule has 0 saturated carbocycles. The number of hydrogen-bond acceptors (Lipinski definition) is 2. The SMILES string of the molecule is CC(C)(C)C(C(=O)O)=C1CCc2cc3ccc(OCc4ccccc4)cc3n21. The van der Waals surface area contributed by atoms with Crippen molar-refractivity contribution < 1.29 is 14.6 Å². The van der Waals surface area contributed by atoms with Gasteiger partial charge in [-0.25, -0.2) is 4.79 Å². The number of carbonyl (C=O) groups is 1. The van der Waals surface area contributed by atoms with Gasteiger partial charge in [-0.05, 0) is 42.0 Å². The van der Waals surface area contributed by atoms with Crippen molar-refractivity contribution in [3.8, 4) is 5.75 Å². The van der Waals surface area contributed by atoms with Gasteiger partial charge < -0.3 is 14.4 Å². The third-order valence-electron chi connectivity index (χ3n) is 5.24. The van der Waals surface area contributed by atoms with E-state index in [1.165, 1.54) is 0 Å². The minimum absolute atomic E-state index is 0.430. The number of aromatic nitrogens is 1. The molecule has 0 atom stereocenters. The number of benzene rings is 2. The van der Waals surface area contributed by atoms with Crippen LogP contribution in [-0.4, -0.2) is 15.6 Å². The Hall–Kier alpha value is -3.01. The molecule has 4 heteroatoms. The molecular weight excluding hydrogens is 350 g/mol. The topological polar surface area (TPSA) is 51.5 Å². The molecule has 28 heavy (non-hydrogen) atoms. The zero-order chi connectivity index (χ0) is 19.9. The van der Waals surface area contributed by atoms with Crippen LogP contribution < -0.4 is 4.74 Å². The average Bonchev–Trinajstić information content (AvgIpc) is 3.19. The fourth-order valence-corrected chi connectivity index (χ4v) is 4.04. The third-order valence-corrected chi connectivity index (χ3v) is 5.24. The van der Waals surface area contributed by atoms with Crippen LogP contribution in [0.2, 0.25) is 0 Å². The van der Waals surface area contributed by atoms with Crippen molar-refractivity contribution in [3.05, 3.63) is 71.4 Å². The highest BCUT2D eigenvalue weighted by Crippen LogP contribution is 2.40. The highest BCUT2D eigenvalue weighted by Gasteiger charge is 2.32. The van der Waals surface area contributed by atoms with E-state index in [0.29, 0.717) is 12.2 Å². The first kappa shape index (κ1) is 18.4. The number of rotatable bonds is 4. The highest BCUT2D eigenvalue weighted by molar-refractivity contribution is 5.97. The van der Waals surface area contributed by atoms with Crippen molar-refractivity contribution in [2.75, 3.05) is 0 Å². The summed E-state index contributed by atoms with van der Waals surface area (Å²) in [7, 11) is 0. The minimum Gasteiger partial charge on any atom is -0.489 e. The van der Waals surface area contributed by atoms with E-state index >= 15 is 0 Å². The first-order valence-corrected chi connectivity index (χ1v) is 9.63. The molecule has 1 aliphatic heterocycles. The summed E-state index contributed by atoms with van der Waals surface area (Å²) >= 11 is 0. The van der Waals surface area contributed by atoms with Crippen LogP contribution in [0.15, 0.2) is 60.2 Å². The van der Waals surface area contributed by atoms with Gasteiger partial charge in [-0.1, -0.05) is 51.1 Å². The summed E-state index contributed by atoms with van der Waals surface area (Å²) < 4.78 is 8.12. The number of aliphatic carboxylic acids is 1. The van der Waals surface area contributed by atoms with Gasteiger partial charge in [0, 0.05) is 22.8 Å². The molecule has 0 unspecified atom stereocenters. The van der Waals surface area contributed by atoms with Gasteiger partial charge in [-0.3, -0.25) is 0 Å². The second-order valence-corrected chi connectivity index (χ2v) is 8.34. The van der Waals surface area contributed by atoms with E-state index in [9.17, 15) is 9.90 Å². The molecule has 0 aliphatic carbocycles. The summed E-state index contributed by atoms with van der Waals surface area (Å²) in [6.45, 7) is 6.38. The van der Waals surface area contributed by atoms with E-state index < -0.39 is 11.4 Å². The Morgan fingerprint density at radius 1 is 1.07 bits per heavy atom.